The zero-order valence-electron chi connectivity index (χ0n) is 12.1. The van der Waals surface area contributed by atoms with Gasteiger partial charge in [-0.05, 0) is 24.8 Å². The van der Waals surface area contributed by atoms with Gasteiger partial charge in [-0.3, -0.25) is 0 Å². The Morgan fingerprint density at radius 1 is 1.10 bits per heavy atom. The van der Waals surface area contributed by atoms with Crippen LogP contribution in [-0.2, 0) is 10.2 Å². The van der Waals surface area contributed by atoms with Gasteiger partial charge in [-0.15, -0.1) is 0 Å². The molecule has 2 aliphatic rings. The number of aromatic nitrogens is 2. The van der Waals surface area contributed by atoms with Crippen LogP contribution in [0.1, 0.15) is 55.3 Å². The van der Waals surface area contributed by atoms with Crippen molar-refractivity contribution in [1.82, 2.24) is 10.1 Å². The molecule has 2 heterocycles. The van der Waals surface area contributed by atoms with E-state index in [0.717, 1.165) is 44.2 Å². The third-order valence-corrected chi connectivity index (χ3v) is 4.93. The lowest BCUT2D eigenvalue weighted by atomic mass is 9.79. The van der Waals surface area contributed by atoms with E-state index in [1.54, 1.807) is 0 Å². The fourth-order valence-corrected chi connectivity index (χ4v) is 3.69. The lowest BCUT2D eigenvalue weighted by molar-refractivity contribution is 0.192. The Kier molecular flexibility index (Phi) is 3.26. The Bertz CT molecular complexity index is 596. The summed E-state index contributed by atoms with van der Waals surface area (Å²) in [5, 5.41) is 4.25. The standard InChI is InChI=1S/C17H20N2O2/c1-2-6-14(7-3-1)17(9-4-5-10-17)16-18-15(19-21-16)13-8-11-20-12-13/h1-3,6-7,13H,4-5,8-12H2/t13-/m1/s1. The summed E-state index contributed by atoms with van der Waals surface area (Å²) in [7, 11) is 0. The van der Waals surface area contributed by atoms with Gasteiger partial charge in [0.25, 0.3) is 0 Å². The molecule has 1 aromatic carbocycles. The van der Waals surface area contributed by atoms with Crippen LogP contribution in [0.15, 0.2) is 34.9 Å². The molecule has 1 saturated heterocycles. The molecule has 0 N–H and O–H groups in total. The normalized spacial score (nSPS) is 24.5. The number of rotatable bonds is 3. The van der Waals surface area contributed by atoms with Crippen LogP contribution in [-0.4, -0.2) is 23.4 Å². The van der Waals surface area contributed by atoms with E-state index in [4.69, 9.17) is 14.2 Å². The fraction of sp³-hybridized carbons (Fsp3) is 0.529. The molecule has 4 heteroatoms. The second kappa shape index (κ2) is 5.26. The maximum absolute atomic E-state index is 5.70. The van der Waals surface area contributed by atoms with Gasteiger partial charge in [-0.1, -0.05) is 48.3 Å². The summed E-state index contributed by atoms with van der Waals surface area (Å²) in [4.78, 5) is 4.77. The SMILES string of the molecule is c1ccc(C2(c3nc([C@@H]4CCOC4)no3)CCCC2)cc1. The average molecular weight is 284 g/mol. The topological polar surface area (TPSA) is 48.2 Å². The van der Waals surface area contributed by atoms with Gasteiger partial charge in [-0.2, -0.15) is 4.98 Å². The van der Waals surface area contributed by atoms with Gasteiger partial charge < -0.3 is 9.26 Å². The molecule has 110 valence electrons. The average Bonchev–Trinajstić information content (AvgIpc) is 3.28. The summed E-state index contributed by atoms with van der Waals surface area (Å²) in [6.07, 6.45) is 5.63. The Labute approximate surface area is 124 Å². The summed E-state index contributed by atoms with van der Waals surface area (Å²) in [6, 6.07) is 10.6. The number of hydrogen-bond donors (Lipinski definition) is 0. The Balaban J connectivity index is 1.71. The monoisotopic (exact) mass is 284 g/mol. The van der Waals surface area contributed by atoms with Crippen molar-refractivity contribution in [2.24, 2.45) is 0 Å². The molecule has 4 rings (SSSR count). The first kappa shape index (κ1) is 13.0. The van der Waals surface area contributed by atoms with Crippen molar-refractivity contribution in [1.29, 1.82) is 0 Å². The van der Waals surface area contributed by atoms with Crippen molar-refractivity contribution in [3.05, 3.63) is 47.6 Å². The quantitative estimate of drug-likeness (QED) is 0.866. The summed E-state index contributed by atoms with van der Waals surface area (Å²) in [6.45, 7) is 1.52. The van der Waals surface area contributed by atoms with E-state index in [0.29, 0.717) is 5.92 Å². The number of hydrogen-bond acceptors (Lipinski definition) is 4. The van der Waals surface area contributed by atoms with Crippen LogP contribution in [0, 0.1) is 0 Å². The van der Waals surface area contributed by atoms with E-state index in [9.17, 15) is 0 Å². The van der Waals surface area contributed by atoms with Crippen LogP contribution in [0.25, 0.3) is 0 Å². The van der Waals surface area contributed by atoms with E-state index in [1.807, 2.05) is 0 Å². The van der Waals surface area contributed by atoms with Gasteiger partial charge in [0, 0.05) is 12.5 Å². The van der Waals surface area contributed by atoms with Crippen molar-refractivity contribution >= 4 is 0 Å². The minimum atomic E-state index is -0.0774. The summed E-state index contributed by atoms with van der Waals surface area (Å²) in [5.41, 5.74) is 1.23. The molecule has 0 radical (unpaired) electrons. The van der Waals surface area contributed by atoms with Crippen LogP contribution in [0.3, 0.4) is 0 Å². The van der Waals surface area contributed by atoms with Crippen molar-refractivity contribution < 1.29 is 9.26 Å². The molecule has 0 amide bonds. The van der Waals surface area contributed by atoms with E-state index >= 15 is 0 Å². The van der Waals surface area contributed by atoms with Crippen LogP contribution < -0.4 is 0 Å². The van der Waals surface area contributed by atoms with Crippen LogP contribution >= 0.6 is 0 Å². The minimum Gasteiger partial charge on any atom is -0.381 e. The lowest BCUT2D eigenvalue weighted by Crippen LogP contribution is -2.24. The minimum absolute atomic E-state index is 0.0774. The van der Waals surface area contributed by atoms with Crippen molar-refractivity contribution in [2.45, 2.75) is 43.4 Å². The van der Waals surface area contributed by atoms with Gasteiger partial charge >= 0.3 is 0 Å². The highest BCUT2D eigenvalue weighted by Gasteiger charge is 2.42. The lowest BCUT2D eigenvalue weighted by Gasteiger charge is -2.25. The van der Waals surface area contributed by atoms with Crippen LogP contribution in [0.4, 0.5) is 0 Å². The number of ether oxygens (including phenoxy) is 1. The highest BCUT2D eigenvalue weighted by molar-refractivity contribution is 5.33. The molecule has 2 fully saturated rings. The first-order valence-corrected chi connectivity index (χ1v) is 7.86. The maximum Gasteiger partial charge on any atom is 0.237 e. The van der Waals surface area contributed by atoms with E-state index < -0.39 is 0 Å². The molecule has 4 nitrogen and oxygen atoms in total. The second-order valence-corrected chi connectivity index (χ2v) is 6.17. The predicted molar refractivity (Wildman–Crippen MR) is 78.2 cm³/mol. The molecule has 0 unspecified atom stereocenters. The zero-order valence-corrected chi connectivity index (χ0v) is 12.1. The van der Waals surface area contributed by atoms with Gasteiger partial charge in [0.1, 0.15) is 0 Å². The molecule has 1 aromatic heterocycles. The Morgan fingerprint density at radius 3 is 2.62 bits per heavy atom. The van der Waals surface area contributed by atoms with Crippen molar-refractivity contribution in [2.75, 3.05) is 13.2 Å². The molecular weight excluding hydrogens is 264 g/mol. The summed E-state index contributed by atoms with van der Waals surface area (Å²) in [5.74, 6) is 1.93. The smallest absolute Gasteiger partial charge is 0.237 e. The largest absolute Gasteiger partial charge is 0.381 e. The van der Waals surface area contributed by atoms with Crippen molar-refractivity contribution in [3.8, 4) is 0 Å². The van der Waals surface area contributed by atoms with Crippen LogP contribution in [0.5, 0.6) is 0 Å². The van der Waals surface area contributed by atoms with Gasteiger partial charge in [0.05, 0.1) is 12.0 Å². The second-order valence-electron chi connectivity index (χ2n) is 6.17. The van der Waals surface area contributed by atoms with E-state index in [1.165, 1.54) is 18.4 Å². The van der Waals surface area contributed by atoms with Gasteiger partial charge in [0.2, 0.25) is 5.89 Å². The number of benzene rings is 1. The fourth-order valence-electron chi connectivity index (χ4n) is 3.69. The number of nitrogens with zero attached hydrogens (tertiary/aromatic N) is 2. The summed E-state index contributed by atoms with van der Waals surface area (Å²) >= 11 is 0. The first-order valence-electron chi connectivity index (χ1n) is 7.86. The molecule has 1 atom stereocenters. The molecule has 21 heavy (non-hydrogen) atoms. The third-order valence-electron chi connectivity index (χ3n) is 4.93. The molecule has 1 saturated carbocycles. The molecular formula is C17H20N2O2. The highest BCUT2D eigenvalue weighted by atomic mass is 16.5. The van der Waals surface area contributed by atoms with E-state index in [2.05, 4.69) is 35.5 Å². The first-order chi connectivity index (χ1) is 10.4. The molecule has 1 aliphatic carbocycles. The Hall–Kier alpha value is -1.68. The molecule has 0 bridgehead atoms. The molecule has 0 spiro atoms. The highest BCUT2D eigenvalue weighted by Crippen LogP contribution is 2.45. The molecule has 2 aromatic rings. The van der Waals surface area contributed by atoms with Gasteiger partial charge in [0.15, 0.2) is 5.82 Å². The molecule has 1 aliphatic heterocycles. The van der Waals surface area contributed by atoms with Crippen molar-refractivity contribution in [3.63, 3.8) is 0 Å². The zero-order chi connectivity index (χ0) is 14.1. The summed E-state index contributed by atoms with van der Waals surface area (Å²) < 4.78 is 11.1. The Morgan fingerprint density at radius 2 is 1.90 bits per heavy atom. The predicted octanol–water partition coefficient (Wildman–Crippen LogP) is 3.43. The maximum atomic E-state index is 5.70. The van der Waals surface area contributed by atoms with Gasteiger partial charge in [-0.25, -0.2) is 0 Å². The van der Waals surface area contributed by atoms with E-state index in [-0.39, 0.29) is 5.41 Å². The van der Waals surface area contributed by atoms with Crippen LogP contribution in [0.2, 0.25) is 0 Å². The third kappa shape index (κ3) is 2.18.